The van der Waals surface area contributed by atoms with Crippen LogP contribution in [-0.4, -0.2) is 48.1 Å². The molecule has 1 fully saturated rings. The molecule has 6 nitrogen and oxygen atoms in total. The van der Waals surface area contributed by atoms with Crippen molar-refractivity contribution in [3.63, 3.8) is 0 Å². The summed E-state index contributed by atoms with van der Waals surface area (Å²) in [5.74, 6) is -0.177. The fourth-order valence-corrected chi connectivity index (χ4v) is 3.75. The minimum absolute atomic E-state index is 0.252. The number of hydrogen-bond donors (Lipinski definition) is 2. The van der Waals surface area contributed by atoms with Crippen molar-refractivity contribution in [2.24, 2.45) is 4.99 Å². The van der Waals surface area contributed by atoms with Crippen molar-refractivity contribution < 1.29 is 9.90 Å². The van der Waals surface area contributed by atoms with Crippen LogP contribution in [0.2, 0.25) is 0 Å². The SMILES string of the molecule is Cc1ccc(CN=C(Nc2cccc(C(=O)O)c2)N2CCN(c3ccccc3)CC2)cc1. The summed E-state index contributed by atoms with van der Waals surface area (Å²) in [6.07, 6.45) is 0. The van der Waals surface area contributed by atoms with E-state index in [4.69, 9.17) is 4.99 Å². The molecule has 164 valence electrons. The number of nitrogens with zero attached hydrogens (tertiary/aromatic N) is 3. The summed E-state index contributed by atoms with van der Waals surface area (Å²) in [5, 5.41) is 12.7. The molecule has 0 radical (unpaired) electrons. The number of guanidine groups is 1. The molecule has 0 saturated carbocycles. The van der Waals surface area contributed by atoms with Crippen molar-refractivity contribution >= 4 is 23.3 Å². The Kier molecular flexibility index (Phi) is 6.70. The van der Waals surface area contributed by atoms with Gasteiger partial charge in [0, 0.05) is 37.6 Å². The Hall–Kier alpha value is -3.80. The van der Waals surface area contributed by atoms with Crippen LogP contribution < -0.4 is 10.2 Å². The minimum atomic E-state index is -0.941. The Morgan fingerprint density at radius 3 is 2.34 bits per heavy atom. The predicted molar refractivity (Wildman–Crippen MR) is 130 cm³/mol. The number of rotatable bonds is 5. The quantitative estimate of drug-likeness (QED) is 0.463. The third-order valence-corrected chi connectivity index (χ3v) is 5.60. The molecule has 6 heteroatoms. The van der Waals surface area contributed by atoms with Crippen molar-refractivity contribution in [2.45, 2.75) is 13.5 Å². The van der Waals surface area contributed by atoms with E-state index in [9.17, 15) is 9.90 Å². The Labute approximate surface area is 188 Å². The van der Waals surface area contributed by atoms with Crippen molar-refractivity contribution in [1.29, 1.82) is 0 Å². The number of carboxylic acids is 1. The van der Waals surface area contributed by atoms with Crippen LogP contribution in [0, 0.1) is 6.92 Å². The molecule has 4 rings (SSSR count). The molecular weight excluding hydrogens is 400 g/mol. The highest BCUT2D eigenvalue weighted by Gasteiger charge is 2.20. The van der Waals surface area contributed by atoms with E-state index < -0.39 is 5.97 Å². The topological polar surface area (TPSA) is 68.2 Å². The molecule has 0 aliphatic carbocycles. The van der Waals surface area contributed by atoms with Crippen LogP contribution in [0.15, 0.2) is 83.9 Å². The normalized spacial score (nSPS) is 14.3. The zero-order chi connectivity index (χ0) is 22.3. The highest BCUT2D eigenvalue weighted by Crippen LogP contribution is 2.18. The average molecular weight is 429 g/mol. The number of anilines is 2. The molecule has 0 aromatic heterocycles. The van der Waals surface area contributed by atoms with Gasteiger partial charge in [0.05, 0.1) is 12.1 Å². The molecule has 1 saturated heterocycles. The lowest BCUT2D eigenvalue weighted by atomic mass is 10.1. The maximum Gasteiger partial charge on any atom is 0.335 e. The van der Waals surface area contributed by atoms with Crippen LogP contribution >= 0.6 is 0 Å². The van der Waals surface area contributed by atoms with Crippen LogP contribution in [-0.2, 0) is 6.54 Å². The zero-order valence-corrected chi connectivity index (χ0v) is 18.2. The fraction of sp³-hybridized carbons (Fsp3) is 0.231. The number of aryl methyl sites for hydroxylation is 1. The lowest BCUT2D eigenvalue weighted by Crippen LogP contribution is -2.50. The van der Waals surface area contributed by atoms with Gasteiger partial charge in [0.25, 0.3) is 0 Å². The van der Waals surface area contributed by atoms with Gasteiger partial charge in [-0.15, -0.1) is 0 Å². The van der Waals surface area contributed by atoms with Crippen molar-refractivity contribution in [1.82, 2.24) is 4.90 Å². The lowest BCUT2D eigenvalue weighted by molar-refractivity contribution is 0.0697. The molecule has 0 amide bonds. The zero-order valence-electron chi connectivity index (χ0n) is 18.2. The number of nitrogens with one attached hydrogen (secondary N) is 1. The van der Waals surface area contributed by atoms with E-state index in [2.05, 4.69) is 70.6 Å². The molecule has 3 aromatic carbocycles. The Morgan fingerprint density at radius 2 is 1.66 bits per heavy atom. The third kappa shape index (κ3) is 5.46. The van der Waals surface area contributed by atoms with Gasteiger partial charge in [-0.25, -0.2) is 9.79 Å². The maximum atomic E-state index is 11.4. The van der Waals surface area contributed by atoms with Gasteiger partial charge in [-0.05, 0) is 42.8 Å². The van der Waals surface area contributed by atoms with E-state index in [0.717, 1.165) is 43.4 Å². The van der Waals surface area contributed by atoms with Crippen molar-refractivity contribution in [2.75, 3.05) is 36.4 Å². The maximum absolute atomic E-state index is 11.4. The highest BCUT2D eigenvalue weighted by atomic mass is 16.4. The van der Waals surface area contributed by atoms with Crippen molar-refractivity contribution in [3.8, 4) is 0 Å². The largest absolute Gasteiger partial charge is 0.478 e. The van der Waals surface area contributed by atoms with Gasteiger partial charge < -0.3 is 20.2 Å². The first-order chi connectivity index (χ1) is 15.6. The first-order valence-corrected chi connectivity index (χ1v) is 10.8. The summed E-state index contributed by atoms with van der Waals surface area (Å²) in [6, 6.07) is 25.6. The van der Waals surface area contributed by atoms with Crippen LogP contribution in [0.1, 0.15) is 21.5 Å². The summed E-state index contributed by atoms with van der Waals surface area (Å²) < 4.78 is 0. The number of carbonyl (C=O) groups is 1. The van der Waals surface area contributed by atoms with E-state index in [1.54, 1.807) is 18.2 Å². The third-order valence-electron chi connectivity index (χ3n) is 5.60. The number of carboxylic acid groups (broad SMARTS) is 1. The standard InChI is InChI=1S/C26H28N4O2/c1-20-10-12-21(13-11-20)19-27-26(28-23-7-5-6-22(18-23)25(31)32)30-16-14-29(15-17-30)24-8-3-2-4-9-24/h2-13,18H,14-17,19H2,1H3,(H,27,28)(H,31,32). The number of benzene rings is 3. The number of hydrogen-bond acceptors (Lipinski definition) is 3. The highest BCUT2D eigenvalue weighted by molar-refractivity contribution is 5.96. The number of aliphatic imine (C=N–C) groups is 1. The van der Waals surface area contributed by atoms with E-state index in [-0.39, 0.29) is 5.56 Å². The fourth-order valence-electron chi connectivity index (χ4n) is 3.75. The van der Waals surface area contributed by atoms with Crippen LogP contribution in [0.3, 0.4) is 0 Å². The Balaban J connectivity index is 1.52. The summed E-state index contributed by atoms with van der Waals surface area (Å²) in [5.41, 5.74) is 4.56. The second kappa shape index (κ2) is 10.0. The van der Waals surface area contributed by atoms with Crippen LogP contribution in [0.4, 0.5) is 11.4 Å². The molecule has 32 heavy (non-hydrogen) atoms. The van der Waals surface area contributed by atoms with Gasteiger partial charge in [0.1, 0.15) is 0 Å². The summed E-state index contributed by atoms with van der Waals surface area (Å²) in [6.45, 7) is 6.07. The molecular formula is C26H28N4O2. The summed E-state index contributed by atoms with van der Waals surface area (Å²) in [4.78, 5) is 20.9. The van der Waals surface area contributed by atoms with Gasteiger partial charge >= 0.3 is 5.97 Å². The second-order valence-electron chi connectivity index (χ2n) is 7.95. The lowest BCUT2D eigenvalue weighted by Gasteiger charge is -2.37. The first kappa shape index (κ1) is 21.4. The predicted octanol–water partition coefficient (Wildman–Crippen LogP) is 4.48. The average Bonchev–Trinajstić information content (AvgIpc) is 2.83. The molecule has 3 aromatic rings. The molecule has 0 bridgehead atoms. The van der Waals surface area contributed by atoms with Gasteiger partial charge in [0.15, 0.2) is 5.96 Å². The Bertz CT molecular complexity index is 1070. The smallest absolute Gasteiger partial charge is 0.335 e. The first-order valence-electron chi connectivity index (χ1n) is 10.8. The van der Waals surface area contributed by atoms with Gasteiger partial charge in [-0.1, -0.05) is 54.1 Å². The van der Waals surface area contributed by atoms with Crippen LogP contribution in [0.25, 0.3) is 0 Å². The van der Waals surface area contributed by atoms with E-state index in [1.807, 2.05) is 12.1 Å². The number of aromatic carboxylic acids is 1. The van der Waals surface area contributed by atoms with Crippen molar-refractivity contribution in [3.05, 3.63) is 95.6 Å². The Morgan fingerprint density at radius 1 is 0.938 bits per heavy atom. The monoisotopic (exact) mass is 428 g/mol. The minimum Gasteiger partial charge on any atom is -0.478 e. The number of piperazine rings is 1. The summed E-state index contributed by atoms with van der Waals surface area (Å²) in [7, 11) is 0. The number of para-hydroxylation sites is 1. The molecule has 0 atom stereocenters. The van der Waals surface area contributed by atoms with Gasteiger partial charge in [-0.3, -0.25) is 0 Å². The van der Waals surface area contributed by atoms with Crippen LogP contribution in [0.5, 0.6) is 0 Å². The molecule has 1 aliphatic rings. The van der Waals surface area contributed by atoms with E-state index in [0.29, 0.717) is 6.54 Å². The molecule has 1 heterocycles. The second-order valence-corrected chi connectivity index (χ2v) is 7.95. The molecule has 2 N–H and O–H groups in total. The summed E-state index contributed by atoms with van der Waals surface area (Å²) >= 11 is 0. The van der Waals surface area contributed by atoms with E-state index >= 15 is 0 Å². The molecule has 1 aliphatic heterocycles. The van der Waals surface area contributed by atoms with Gasteiger partial charge in [0.2, 0.25) is 0 Å². The van der Waals surface area contributed by atoms with E-state index in [1.165, 1.54) is 11.3 Å². The van der Waals surface area contributed by atoms with Gasteiger partial charge in [-0.2, -0.15) is 0 Å². The molecule has 0 spiro atoms. The molecule has 0 unspecified atom stereocenters.